The second-order valence-electron chi connectivity index (χ2n) is 5.87. The van der Waals surface area contributed by atoms with Gasteiger partial charge in [-0.05, 0) is 38.1 Å². The summed E-state index contributed by atoms with van der Waals surface area (Å²) in [6.45, 7) is 3.77. The third-order valence-corrected chi connectivity index (χ3v) is 4.44. The van der Waals surface area contributed by atoms with E-state index >= 15 is 0 Å². The van der Waals surface area contributed by atoms with Crippen LogP contribution in [0.3, 0.4) is 0 Å². The molecule has 0 aliphatic carbocycles. The lowest BCUT2D eigenvalue weighted by molar-refractivity contribution is -0.121. The first-order valence-electron chi connectivity index (χ1n) is 7.78. The number of carbonyl (C=O) groups excluding carboxylic acids is 1. The number of aromatic amines is 2. The van der Waals surface area contributed by atoms with Crippen LogP contribution >= 0.6 is 0 Å². The van der Waals surface area contributed by atoms with Gasteiger partial charge in [0, 0.05) is 23.2 Å². The van der Waals surface area contributed by atoms with Gasteiger partial charge in [-0.3, -0.25) is 15.0 Å². The van der Waals surface area contributed by atoms with Crippen molar-refractivity contribution in [3.8, 4) is 0 Å². The SMILES string of the molecule is CC(C(=O)C(C)c1[nH]nc2ncccc12)c1[nH]nc2ncccc12. The molecule has 0 amide bonds. The molecule has 0 spiro atoms. The summed E-state index contributed by atoms with van der Waals surface area (Å²) in [5.41, 5.74) is 2.82. The molecule has 2 N–H and O–H groups in total. The summed E-state index contributed by atoms with van der Waals surface area (Å²) in [7, 11) is 0. The number of nitrogens with one attached hydrogen (secondary N) is 2. The van der Waals surface area contributed by atoms with Gasteiger partial charge >= 0.3 is 0 Å². The van der Waals surface area contributed by atoms with Crippen molar-refractivity contribution in [2.24, 2.45) is 0 Å². The zero-order chi connectivity index (χ0) is 16.7. The molecule has 7 nitrogen and oxygen atoms in total. The number of fused-ring (bicyclic) bond motifs is 2. The molecule has 2 unspecified atom stereocenters. The number of nitrogens with zero attached hydrogens (tertiary/aromatic N) is 4. The van der Waals surface area contributed by atoms with E-state index in [1.54, 1.807) is 12.4 Å². The van der Waals surface area contributed by atoms with Crippen molar-refractivity contribution in [1.29, 1.82) is 0 Å². The third-order valence-electron chi connectivity index (χ3n) is 4.44. The Morgan fingerprint density at radius 2 is 1.33 bits per heavy atom. The Morgan fingerprint density at radius 1 is 0.875 bits per heavy atom. The van der Waals surface area contributed by atoms with Crippen molar-refractivity contribution >= 4 is 27.9 Å². The summed E-state index contributed by atoms with van der Waals surface area (Å²) in [5, 5.41) is 16.0. The molecule has 0 fully saturated rings. The topological polar surface area (TPSA) is 100 Å². The number of hydrogen-bond donors (Lipinski definition) is 2. The zero-order valence-electron chi connectivity index (χ0n) is 13.3. The summed E-state index contributed by atoms with van der Waals surface area (Å²) in [5.74, 6) is -0.577. The predicted octanol–water partition coefficient (Wildman–Crippen LogP) is 2.71. The molecular weight excluding hydrogens is 304 g/mol. The molecule has 7 heteroatoms. The van der Waals surface area contributed by atoms with E-state index < -0.39 is 0 Å². The third kappa shape index (κ3) is 2.17. The second-order valence-corrected chi connectivity index (χ2v) is 5.87. The van der Waals surface area contributed by atoms with Crippen molar-refractivity contribution in [3.05, 3.63) is 48.0 Å². The summed E-state index contributed by atoms with van der Waals surface area (Å²) < 4.78 is 0. The number of Topliss-reactive ketones (excluding diaryl/α,β-unsaturated/α-hetero) is 1. The maximum atomic E-state index is 13.0. The number of aromatic nitrogens is 6. The van der Waals surface area contributed by atoms with Crippen molar-refractivity contribution in [3.63, 3.8) is 0 Å². The van der Waals surface area contributed by atoms with Crippen LogP contribution in [-0.4, -0.2) is 36.1 Å². The molecule has 4 heterocycles. The second kappa shape index (κ2) is 5.52. The number of H-pyrrole nitrogens is 2. The number of rotatable bonds is 4. The van der Waals surface area contributed by atoms with Gasteiger partial charge in [0.25, 0.3) is 0 Å². The Hall–Kier alpha value is -3.09. The molecule has 0 aromatic carbocycles. The summed E-state index contributed by atoms with van der Waals surface area (Å²) in [4.78, 5) is 21.4. The highest BCUT2D eigenvalue weighted by atomic mass is 16.1. The summed E-state index contributed by atoms with van der Waals surface area (Å²) in [6.07, 6.45) is 3.37. The maximum absolute atomic E-state index is 13.0. The lowest BCUT2D eigenvalue weighted by Crippen LogP contribution is -2.17. The van der Waals surface area contributed by atoms with Gasteiger partial charge in [-0.1, -0.05) is 0 Å². The van der Waals surface area contributed by atoms with E-state index in [0.717, 1.165) is 22.2 Å². The van der Waals surface area contributed by atoms with Gasteiger partial charge in [0.2, 0.25) is 0 Å². The van der Waals surface area contributed by atoms with Gasteiger partial charge in [0.05, 0.1) is 23.2 Å². The first-order valence-corrected chi connectivity index (χ1v) is 7.78. The van der Waals surface area contributed by atoms with Crippen LogP contribution in [0.2, 0.25) is 0 Å². The molecular formula is C17H16N6O. The highest BCUT2D eigenvalue weighted by Gasteiger charge is 2.28. The van der Waals surface area contributed by atoms with Gasteiger partial charge in [-0.25, -0.2) is 9.97 Å². The fourth-order valence-electron chi connectivity index (χ4n) is 3.06. The lowest BCUT2D eigenvalue weighted by Gasteiger charge is -2.14. The van der Waals surface area contributed by atoms with E-state index in [1.165, 1.54) is 0 Å². The van der Waals surface area contributed by atoms with Crippen molar-refractivity contribution in [2.45, 2.75) is 25.7 Å². The van der Waals surface area contributed by atoms with Crippen molar-refractivity contribution in [1.82, 2.24) is 30.4 Å². The molecule has 0 aliphatic heterocycles. The Labute approximate surface area is 137 Å². The van der Waals surface area contributed by atoms with Crippen LogP contribution in [0.15, 0.2) is 36.7 Å². The lowest BCUT2D eigenvalue weighted by atomic mass is 9.89. The van der Waals surface area contributed by atoms with Crippen molar-refractivity contribution in [2.75, 3.05) is 0 Å². The molecule has 24 heavy (non-hydrogen) atoms. The first-order chi connectivity index (χ1) is 11.7. The van der Waals surface area contributed by atoms with Crippen LogP contribution in [0.5, 0.6) is 0 Å². The average Bonchev–Trinajstić information content (AvgIpc) is 3.24. The number of carbonyl (C=O) groups is 1. The van der Waals surface area contributed by atoms with E-state index in [1.807, 2.05) is 38.1 Å². The van der Waals surface area contributed by atoms with E-state index in [-0.39, 0.29) is 17.6 Å². The fourth-order valence-corrected chi connectivity index (χ4v) is 3.06. The number of pyridine rings is 2. The Bertz CT molecular complexity index is 952. The van der Waals surface area contributed by atoms with Gasteiger partial charge in [-0.2, -0.15) is 10.2 Å². The molecule has 0 radical (unpaired) electrons. The van der Waals surface area contributed by atoms with Gasteiger partial charge in [0.1, 0.15) is 5.78 Å². The molecule has 0 saturated heterocycles. The highest BCUT2D eigenvalue weighted by Crippen LogP contribution is 2.30. The molecule has 0 saturated carbocycles. The van der Waals surface area contributed by atoms with E-state index in [9.17, 15) is 4.79 Å². The molecule has 0 bridgehead atoms. The monoisotopic (exact) mass is 320 g/mol. The average molecular weight is 320 g/mol. The van der Waals surface area contributed by atoms with Crippen LogP contribution < -0.4 is 0 Å². The predicted molar refractivity (Wildman–Crippen MR) is 89.6 cm³/mol. The Morgan fingerprint density at radius 3 is 1.79 bits per heavy atom. The molecule has 2 atom stereocenters. The Kier molecular flexibility index (Phi) is 3.34. The molecule has 4 aromatic heterocycles. The molecule has 4 rings (SSSR count). The fraction of sp³-hybridized carbons (Fsp3) is 0.235. The quantitative estimate of drug-likeness (QED) is 0.602. The largest absolute Gasteiger partial charge is 0.298 e. The van der Waals surface area contributed by atoms with Gasteiger partial charge < -0.3 is 0 Å². The van der Waals surface area contributed by atoms with Gasteiger partial charge in [0.15, 0.2) is 11.3 Å². The van der Waals surface area contributed by atoms with Crippen LogP contribution in [0.25, 0.3) is 22.1 Å². The van der Waals surface area contributed by atoms with Crippen LogP contribution in [0, 0.1) is 0 Å². The first kappa shape index (κ1) is 14.5. The minimum atomic E-state index is -0.329. The number of ketones is 1. The standard InChI is InChI=1S/C17H16N6O/c1-9(13-11-5-3-7-18-16(11)22-20-13)15(24)10(2)14-12-6-4-8-19-17(12)23-21-14/h3-10H,1-2H3,(H,18,20,22)(H,19,21,23). The number of hydrogen-bond acceptors (Lipinski definition) is 5. The van der Waals surface area contributed by atoms with Crippen LogP contribution in [-0.2, 0) is 4.79 Å². The summed E-state index contributed by atoms with van der Waals surface area (Å²) >= 11 is 0. The molecule has 120 valence electrons. The van der Waals surface area contributed by atoms with Crippen LogP contribution in [0.1, 0.15) is 37.1 Å². The maximum Gasteiger partial charge on any atom is 0.181 e. The van der Waals surface area contributed by atoms with E-state index in [4.69, 9.17) is 0 Å². The minimum absolute atomic E-state index is 0.0822. The molecule has 0 aliphatic rings. The zero-order valence-corrected chi connectivity index (χ0v) is 13.3. The smallest absolute Gasteiger partial charge is 0.181 e. The highest BCUT2D eigenvalue weighted by molar-refractivity contribution is 5.96. The minimum Gasteiger partial charge on any atom is -0.298 e. The van der Waals surface area contributed by atoms with E-state index in [2.05, 4.69) is 30.4 Å². The van der Waals surface area contributed by atoms with Crippen molar-refractivity contribution < 1.29 is 4.79 Å². The normalized spacial score (nSPS) is 14.1. The van der Waals surface area contributed by atoms with Gasteiger partial charge in [-0.15, -0.1) is 0 Å². The van der Waals surface area contributed by atoms with Crippen LogP contribution in [0.4, 0.5) is 0 Å². The summed E-state index contributed by atoms with van der Waals surface area (Å²) in [6, 6.07) is 7.53. The molecule has 4 aromatic rings. The Balaban J connectivity index is 1.70. The van der Waals surface area contributed by atoms with E-state index in [0.29, 0.717) is 11.3 Å².